The number of aromatic nitrogens is 2. The highest BCUT2D eigenvalue weighted by molar-refractivity contribution is 5.76. The average molecular weight is 298 g/mol. The topological polar surface area (TPSA) is 72.9 Å². The summed E-state index contributed by atoms with van der Waals surface area (Å²) >= 11 is 0. The SMILES string of the molecule is Cn1cc(CCC(=O)NC2CCCc3cc(N)ccc32)cn1. The quantitative estimate of drug-likeness (QED) is 0.849. The molecule has 1 amide bonds. The number of nitrogens with zero attached hydrogens (tertiary/aromatic N) is 2. The summed E-state index contributed by atoms with van der Waals surface area (Å²) in [6.07, 6.45) is 8.10. The molecule has 1 unspecified atom stereocenters. The van der Waals surface area contributed by atoms with Gasteiger partial charge in [-0.25, -0.2) is 0 Å². The molecule has 0 saturated heterocycles. The van der Waals surface area contributed by atoms with Gasteiger partial charge in [0, 0.05) is 25.4 Å². The van der Waals surface area contributed by atoms with Crippen LogP contribution in [0.3, 0.4) is 0 Å². The first-order valence-electron chi connectivity index (χ1n) is 7.77. The van der Waals surface area contributed by atoms with Crippen LogP contribution in [0.5, 0.6) is 0 Å². The smallest absolute Gasteiger partial charge is 0.220 e. The lowest BCUT2D eigenvalue weighted by Gasteiger charge is -2.26. The maximum atomic E-state index is 12.2. The number of amides is 1. The molecular formula is C17H22N4O. The van der Waals surface area contributed by atoms with Crippen LogP contribution in [0.25, 0.3) is 0 Å². The van der Waals surface area contributed by atoms with E-state index in [0.717, 1.165) is 36.9 Å². The van der Waals surface area contributed by atoms with Gasteiger partial charge in [-0.05, 0) is 54.5 Å². The van der Waals surface area contributed by atoms with E-state index in [9.17, 15) is 4.79 Å². The molecule has 1 aliphatic carbocycles. The molecule has 2 aromatic rings. The first-order chi connectivity index (χ1) is 10.6. The van der Waals surface area contributed by atoms with Crippen LogP contribution in [0.1, 0.15) is 42.0 Å². The molecule has 1 heterocycles. The van der Waals surface area contributed by atoms with Crippen molar-refractivity contribution in [2.24, 2.45) is 7.05 Å². The monoisotopic (exact) mass is 298 g/mol. The van der Waals surface area contributed by atoms with Gasteiger partial charge in [0.25, 0.3) is 0 Å². The lowest BCUT2D eigenvalue weighted by Crippen LogP contribution is -2.31. The lowest BCUT2D eigenvalue weighted by atomic mass is 9.87. The van der Waals surface area contributed by atoms with Crippen LogP contribution in [0, 0.1) is 0 Å². The van der Waals surface area contributed by atoms with Gasteiger partial charge in [-0.3, -0.25) is 9.48 Å². The van der Waals surface area contributed by atoms with Crippen molar-refractivity contribution in [2.45, 2.75) is 38.1 Å². The van der Waals surface area contributed by atoms with Gasteiger partial charge in [0.15, 0.2) is 0 Å². The molecule has 0 radical (unpaired) electrons. The van der Waals surface area contributed by atoms with Crippen LogP contribution in [-0.4, -0.2) is 15.7 Å². The van der Waals surface area contributed by atoms with Gasteiger partial charge in [0.05, 0.1) is 12.2 Å². The summed E-state index contributed by atoms with van der Waals surface area (Å²) < 4.78 is 1.76. The zero-order chi connectivity index (χ0) is 15.5. The Labute approximate surface area is 130 Å². The van der Waals surface area contributed by atoms with Crippen LogP contribution < -0.4 is 11.1 Å². The fourth-order valence-electron chi connectivity index (χ4n) is 3.11. The number of hydrogen-bond donors (Lipinski definition) is 2. The number of nitrogens with two attached hydrogens (primary N) is 1. The number of nitrogen functional groups attached to an aromatic ring is 1. The summed E-state index contributed by atoms with van der Waals surface area (Å²) in [5.41, 5.74) is 10.2. The Morgan fingerprint density at radius 1 is 1.50 bits per heavy atom. The molecule has 0 fully saturated rings. The predicted octanol–water partition coefficient (Wildman–Crippen LogP) is 2.13. The van der Waals surface area contributed by atoms with E-state index < -0.39 is 0 Å². The molecule has 0 saturated carbocycles. The van der Waals surface area contributed by atoms with E-state index in [0.29, 0.717) is 6.42 Å². The molecule has 3 rings (SSSR count). The Bertz CT molecular complexity index is 677. The summed E-state index contributed by atoms with van der Waals surface area (Å²) in [5, 5.41) is 7.29. The number of hydrogen-bond acceptors (Lipinski definition) is 3. The molecule has 3 N–H and O–H groups in total. The third kappa shape index (κ3) is 3.30. The standard InChI is InChI=1S/C17H22N4O/c1-21-11-12(10-19-21)5-8-17(22)20-16-4-2-3-13-9-14(18)6-7-15(13)16/h6-7,9-11,16H,2-5,8,18H2,1H3,(H,20,22). The van der Waals surface area contributed by atoms with Crippen LogP contribution in [0.15, 0.2) is 30.6 Å². The molecule has 1 aromatic carbocycles. The number of nitrogens with one attached hydrogen (secondary N) is 1. The Kier molecular flexibility index (Phi) is 4.13. The highest BCUT2D eigenvalue weighted by atomic mass is 16.1. The van der Waals surface area contributed by atoms with E-state index in [-0.39, 0.29) is 11.9 Å². The van der Waals surface area contributed by atoms with E-state index in [2.05, 4.69) is 16.5 Å². The maximum Gasteiger partial charge on any atom is 0.220 e. The molecule has 22 heavy (non-hydrogen) atoms. The first-order valence-corrected chi connectivity index (χ1v) is 7.77. The van der Waals surface area contributed by atoms with Crippen molar-refractivity contribution in [3.05, 3.63) is 47.3 Å². The van der Waals surface area contributed by atoms with Crippen molar-refractivity contribution in [3.63, 3.8) is 0 Å². The Balaban J connectivity index is 1.60. The summed E-state index contributed by atoms with van der Waals surface area (Å²) in [7, 11) is 1.88. The minimum Gasteiger partial charge on any atom is -0.399 e. The van der Waals surface area contributed by atoms with Crippen LogP contribution in [-0.2, 0) is 24.7 Å². The normalized spacial score (nSPS) is 17.0. The predicted molar refractivity (Wildman–Crippen MR) is 86.2 cm³/mol. The second-order valence-corrected chi connectivity index (χ2v) is 5.99. The molecule has 116 valence electrons. The van der Waals surface area contributed by atoms with Crippen LogP contribution in [0.4, 0.5) is 5.69 Å². The van der Waals surface area contributed by atoms with Crippen molar-refractivity contribution >= 4 is 11.6 Å². The molecule has 1 aliphatic rings. The molecule has 1 aromatic heterocycles. The van der Waals surface area contributed by atoms with E-state index in [4.69, 9.17) is 5.73 Å². The molecule has 0 bridgehead atoms. The second-order valence-electron chi connectivity index (χ2n) is 5.99. The number of carbonyl (C=O) groups excluding carboxylic acids is 1. The maximum absolute atomic E-state index is 12.2. The number of aryl methyl sites for hydroxylation is 3. The largest absolute Gasteiger partial charge is 0.399 e. The lowest BCUT2D eigenvalue weighted by molar-refractivity contribution is -0.121. The first kappa shape index (κ1) is 14.6. The minimum atomic E-state index is 0.0959. The number of anilines is 1. The number of carbonyl (C=O) groups is 1. The summed E-state index contributed by atoms with van der Waals surface area (Å²) in [5.74, 6) is 0.0959. The van der Waals surface area contributed by atoms with Crippen molar-refractivity contribution in [3.8, 4) is 0 Å². The fraction of sp³-hybridized carbons (Fsp3) is 0.412. The Hall–Kier alpha value is -2.30. The van der Waals surface area contributed by atoms with Gasteiger partial charge in [0.2, 0.25) is 5.91 Å². The van der Waals surface area contributed by atoms with E-state index in [1.165, 1.54) is 11.1 Å². The van der Waals surface area contributed by atoms with Gasteiger partial charge in [-0.2, -0.15) is 5.10 Å². The van der Waals surface area contributed by atoms with E-state index >= 15 is 0 Å². The number of rotatable bonds is 4. The third-order valence-corrected chi connectivity index (χ3v) is 4.22. The number of fused-ring (bicyclic) bond motifs is 1. The van der Waals surface area contributed by atoms with E-state index in [1.807, 2.05) is 31.6 Å². The summed E-state index contributed by atoms with van der Waals surface area (Å²) in [4.78, 5) is 12.2. The fourth-order valence-corrected chi connectivity index (χ4v) is 3.11. The highest BCUT2D eigenvalue weighted by Crippen LogP contribution is 2.31. The van der Waals surface area contributed by atoms with Crippen molar-refractivity contribution in [2.75, 3.05) is 5.73 Å². The van der Waals surface area contributed by atoms with Crippen LogP contribution >= 0.6 is 0 Å². The Morgan fingerprint density at radius 2 is 2.36 bits per heavy atom. The van der Waals surface area contributed by atoms with Gasteiger partial charge in [0.1, 0.15) is 0 Å². The number of benzene rings is 1. The molecular weight excluding hydrogens is 276 g/mol. The van der Waals surface area contributed by atoms with Crippen molar-refractivity contribution in [1.29, 1.82) is 0 Å². The van der Waals surface area contributed by atoms with Crippen molar-refractivity contribution in [1.82, 2.24) is 15.1 Å². The molecule has 0 aliphatic heterocycles. The molecule has 5 heteroatoms. The van der Waals surface area contributed by atoms with Crippen LogP contribution in [0.2, 0.25) is 0 Å². The van der Waals surface area contributed by atoms with Gasteiger partial charge in [-0.1, -0.05) is 6.07 Å². The third-order valence-electron chi connectivity index (χ3n) is 4.22. The zero-order valence-corrected chi connectivity index (χ0v) is 12.9. The molecule has 1 atom stereocenters. The summed E-state index contributed by atoms with van der Waals surface area (Å²) in [6, 6.07) is 6.11. The molecule has 5 nitrogen and oxygen atoms in total. The molecule has 0 spiro atoms. The van der Waals surface area contributed by atoms with Gasteiger partial charge < -0.3 is 11.1 Å². The Morgan fingerprint density at radius 3 is 3.14 bits per heavy atom. The van der Waals surface area contributed by atoms with Gasteiger partial charge in [-0.15, -0.1) is 0 Å². The second kappa shape index (κ2) is 6.22. The minimum absolute atomic E-state index is 0.0959. The average Bonchev–Trinajstić information content (AvgIpc) is 2.91. The summed E-state index contributed by atoms with van der Waals surface area (Å²) in [6.45, 7) is 0. The van der Waals surface area contributed by atoms with E-state index in [1.54, 1.807) is 4.68 Å². The highest BCUT2D eigenvalue weighted by Gasteiger charge is 2.21. The zero-order valence-electron chi connectivity index (χ0n) is 12.9. The van der Waals surface area contributed by atoms with Gasteiger partial charge >= 0.3 is 0 Å². The van der Waals surface area contributed by atoms with Crippen molar-refractivity contribution < 1.29 is 4.79 Å².